The number of imide groups is 1. The molecule has 2 aliphatic heterocycles. The maximum absolute atomic E-state index is 15.6. The molecule has 2 radical (unpaired) electrons. The summed E-state index contributed by atoms with van der Waals surface area (Å²) in [5, 5.41) is 6.01. The van der Waals surface area contributed by atoms with Crippen LogP contribution in [0.5, 0.6) is 0 Å². The monoisotopic (exact) mass is 451 g/mol. The molecule has 2 N–H and O–H groups in total. The van der Waals surface area contributed by atoms with Crippen molar-refractivity contribution in [3.63, 3.8) is 0 Å². The van der Waals surface area contributed by atoms with E-state index in [1.807, 2.05) is 0 Å². The fraction of sp³-hybridized carbons (Fsp3) is 0.640. The molecule has 1 aromatic rings. The molecule has 0 bridgehead atoms. The molecule has 2 aliphatic carbocycles. The van der Waals surface area contributed by atoms with Crippen LogP contribution < -0.4 is 10.6 Å². The zero-order valence-corrected chi connectivity index (χ0v) is 19.0. The van der Waals surface area contributed by atoms with E-state index in [0.717, 1.165) is 51.4 Å². The Labute approximate surface area is 195 Å². The van der Waals surface area contributed by atoms with Gasteiger partial charge in [0.05, 0.1) is 14.4 Å². The van der Waals surface area contributed by atoms with Crippen molar-refractivity contribution in [3.8, 4) is 0 Å². The van der Waals surface area contributed by atoms with Crippen LogP contribution in [0.2, 0.25) is 0 Å². The van der Waals surface area contributed by atoms with Gasteiger partial charge in [0.15, 0.2) is 0 Å². The average Bonchev–Trinajstić information content (AvgIpc) is 3.35. The van der Waals surface area contributed by atoms with Gasteiger partial charge in [-0.3, -0.25) is 19.7 Å². The van der Waals surface area contributed by atoms with Gasteiger partial charge in [0, 0.05) is 23.6 Å². The van der Waals surface area contributed by atoms with Gasteiger partial charge in [-0.05, 0) is 61.5 Å². The third kappa shape index (κ3) is 4.34. The minimum atomic E-state index is -0.732. The molecule has 5 rings (SSSR count). The predicted octanol–water partition coefficient (Wildman–Crippen LogP) is 2.72. The number of nitrogens with zero attached hydrogens (tertiary/aromatic N) is 1. The quantitative estimate of drug-likeness (QED) is 0.533. The lowest BCUT2D eigenvalue weighted by molar-refractivity contribution is -0.136. The molecule has 33 heavy (non-hydrogen) atoms. The number of carbonyl (C=O) groups is 3. The second-order valence-corrected chi connectivity index (χ2v) is 10.3. The molecule has 0 spiro atoms. The van der Waals surface area contributed by atoms with Crippen LogP contribution >= 0.6 is 0 Å². The highest BCUT2D eigenvalue weighted by atomic mass is 19.1. The van der Waals surface area contributed by atoms with Gasteiger partial charge < -0.3 is 10.2 Å². The molecule has 1 aromatic carbocycles. The second-order valence-electron chi connectivity index (χ2n) is 10.3. The van der Waals surface area contributed by atoms with Crippen LogP contribution in [0, 0.1) is 11.7 Å². The molecular formula is C25H31BFN3O3. The van der Waals surface area contributed by atoms with E-state index in [9.17, 15) is 14.4 Å². The van der Waals surface area contributed by atoms with E-state index in [1.165, 1.54) is 4.90 Å². The van der Waals surface area contributed by atoms with Gasteiger partial charge >= 0.3 is 0 Å². The molecule has 1 saturated heterocycles. The highest BCUT2D eigenvalue weighted by molar-refractivity contribution is 6.15. The number of amides is 3. The standard InChI is InChI=1S/C25H31BFN3O3/c26-25(11-3-4-12-25)29-19-6-2-1-5-15(19)13-16-7-8-17-18(22(16)27)14-30(24(17)33)20-9-10-21(31)28-23(20)32/h7-8,15,19-20,29H,1-6,9-14H2,(H,28,31,32)/t15-,19+,20?/m1/s1. The maximum atomic E-state index is 15.6. The Morgan fingerprint density at radius 1 is 1.09 bits per heavy atom. The first-order valence-corrected chi connectivity index (χ1v) is 12.4. The summed E-state index contributed by atoms with van der Waals surface area (Å²) in [6.45, 7) is 0.0678. The van der Waals surface area contributed by atoms with Crippen molar-refractivity contribution in [3.05, 3.63) is 34.6 Å². The first-order chi connectivity index (χ1) is 15.8. The zero-order valence-electron chi connectivity index (χ0n) is 19.0. The van der Waals surface area contributed by atoms with Gasteiger partial charge in [0.25, 0.3) is 5.91 Å². The van der Waals surface area contributed by atoms with Gasteiger partial charge in [-0.1, -0.05) is 31.7 Å². The van der Waals surface area contributed by atoms with Crippen molar-refractivity contribution >= 4 is 25.6 Å². The smallest absolute Gasteiger partial charge is 0.255 e. The number of benzene rings is 1. The fourth-order valence-electron chi connectivity index (χ4n) is 6.25. The number of halogens is 1. The molecule has 4 aliphatic rings. The summed E-state index contributed by atoms with van der Waals surface area (Å²) in [4.78, 5) is 38.1. The Morgan fingerprint density at radius 2 is 1.85 bits per heavy atom. The first-order valence-electron chi connectivity index (χ1n) is 12.4. The Bertz CT molecular complexity index is 978. The number of hydrogen-bond acceptors (Lipinski definition) is 4. The van der Waals surface area contributed by atoms with Crippen LogP contribution in [-0.2, 0) is 22.6 Å². The van der Waals surface area contributed by atoms with E-state index < -0.39 is 11.9 Å². The second kappa shape index (κ2) is 8.86. The van der Waals surface area contributed by atoms with E-state index in [-0.39, 0.29) is 48.5 Å². The molecule has 6 nitrogen and oxygen atoms in total. The SMILES string of the molecule is [B]C1(N[C@H]2CCCC[C@@H]2Cc2ccc3c(c2F)CN(C2CCC(=O)NC2=O)C3=O)CCCC1. The Balaban J connectivity index is 1.33. The predicted molar refractivity (Wildman–Crippen MR) is 122 cm³/mol. The molecule has 2 saturated carbocycles. The van der Waals surface area contributed by atoms with Crippen molar-refractivity contribution in [2.45, 2.75) is 94.7 Å². The van der Waals surface area contributed by atoms with Crippen LogP contribution in [0.4, 0.5) is 4.39 Å². The van der Waals surface area contributed by atoms with Gasteiger partial charge in [0.1, 0.15) is 11.9 Å². The van der Waals surface area contributed by atoms with Crippen LogP contribution in [0.25, 0.3) is 0 Å². The fourth-order valence-corrected chi connectivity index (χ4v) is 6.25. The summed E-state index contributed by atoms with van der Waals surface area (Å²) in [6, 6.07) is 2.98. The summed E-state index contributed by atoms with van der Waals surface area (Å²) in [5.74, 6) is -1.18. The lowest BCUT2D eigenvalue weighted by atomic mass is 9.72. The summed E-state index contributed by atoms with van der Waals surface area (Å²) in [6.07, 6.45) is 9.72. The van der Waals surface area contributed by atoms with E-state index in [2.05, 4.69) is 10.6 Å². The number of carbonyl (C=O) groups excluding carboxylic acids is 3. The van der Waals surface area contributed by atoms with Crippen molar-refractivity contribution in [1.29, 1.82) is 0 Å². The van der Waals surface area contributed by atoms with Gasteiger partial charge in [-0.15, -0.1) is 0 Å². The Kier molecular flexibility index (Phi) is 6.06. The van der Waals surface area contributed by atoms with Gasteiger partial charge in [0.2, 0.25) is 11.8 Å². The van der Waals surface area contributed by atoms with Crippen molar-refractivity contribution in [2.24, 2.45) is 5.92 Å². The van der Waals surface area contributed by atoms with Crippen LogP contribution in [-0.4, -0.2) is 48.0 Å². The lowest BCUT2D eigenvalue weighted by Gasteiger charge is -2.39. The molecule has 8 heteroatoms. The van der Waals surface area contributed by atoms with E-state index in [1.54, 1.807) is 12.1 Å². The number of fused-ring (bicyclic) bond motifs is 1. The third-order valence-corrected chi connectivity index (χ3v) is 8.09. The Morgan fingerprint density at radius 3 is 2.61 bits per heavy atom. The molecule has 3 amide bonds. The van der Waals surface area contributed by atoms with Crippen LogP contribution in [0.1, 0.15) is 85.7 Å². The summed E-state index contributed by atoms with van der Waals surface area (Å²) < 4.78 is 15.6. The van der Waals surface area contributed by atoms with Crippen LogP contribution in [0.15, 0.2) is 12.1 Å². The summed E-state index contributed by atoms with van der Waals surface area (Å²) in [5.41, 5.74) is 1.02. The van der Waals surface area contributed by atoms with Gasteiger partial charge in [-0.2, -0.15) is 0 Å². The molecular weight excluding hydrogens is 420 g/mol. The van der Waals surface area contributed by atoms with E-state index in [4.69, 9.17) is 7.85 Å². The largest absolute Gasteiger partial charge is 0.322 e. The molecule has 0 aromatic heterocycles. The van der Waals surface area contributed by atoms with Crippen molar-refractivity contribution < 1.29 is 18.8 Å². The highest BCUT2D eigenvalue weighted by Gasteiger charge is 2.41. The summed E-state index contributed by atoms with van der Waals surface area (Å²) >= 11 is 0. The number of rotatable bonds is 5. The molecule has 2 heterocycles. The first kappa shape index (κ1) is 22.6. The normalized spacial score (nSPS) is 29.3. The minimum absolute atomic E-state index is 0.0678. The number of nitrogens with one attached hydrogen (secondary N) is 2. The van der Waals surface area contributed by atoms with Crippen LogP contribution in [0.3, 0.4) is 0 Å². The third-order valence-electron chi connectivity index (χ3n) is 8.09. The topological polar surface area (TPSA) is 78.5 Å². The number of hydrogen-bond donors (Lipinski definition) is 2. The molecule has 1 unspecified atom stereocenters. The zero-order chi connectivity index (χ0) is 23.2. The van der Waals surface area contributed by atoms with E-state index in [0.29, 0.717) is 29.0 Å². The Hall–Kier alpha value is -2.22. The summed E-state index contributed by atoms with van der Waals surface area (Å²) in [7, 11) is 6.59. The lowest BCUT2D eigenvalue weighted by Crippen LogP contribution is -2.53. The van der Waals surface area contributed by atoms with E-state index >= 15 is 4.39 Å². The number of piperidine rings is 1. The van der Waals surface area contributed by atoms with Crippen molar-refractivity contribution in [1.82, 2.24) is 15.5 Å². The minimum Gasteiger partial charge on any atom is -0.322 e. The van der Waals surface area contributed by atoms with Gasteiger partial charge in [-0.25, -0.2) is 4.39 Å². The highest BCUT2D eigenvalue weighted by Crippen LogP contribution is 2.36. The average molecular weight is 451 g/mol. The molecule has 174 valence electrons. The molecule has 3 fully saturated rings. The maximum Gasteiger partial charge on any atom is 0.255 e. The molecule has 3 atom stereocenters. The van der Waals surface area contributed by atoms with Crippen molar-refractivity contribution in [2.75, 3.05) is 0 Å².